The van der Waals surface area contributed by atoms with E-state index in [1.807, 2.05) is 36.1 Å². The van der Waals surface area contributed by atoms with Crippen LogP contribution in [-0.4, -0.2) is 56.1 Å². The average Bonchev–Trinajstić information content (AvgIpc) is 2.73. The van der Waals surface area contributed by atoms with Crippen molar-refractivity contribution < 1.29 is 14.3 Å². The van der Waals surface area contributed by atoms with E-state index in [1.165, 1.54) is 5.69 Å². The van der Waals surface area contributed by atoms with E-state index in [0.29, 0.717) is 30.9 Å². The van der Waals surface area contributed by atoms with Crippen LogP contribution in [0.3, 0.4) is 0 Å². The van der Waals surface area contributed by atoms with E-state index in [1.54, 1.807) is 18.2 Å². The molecule has 27 heavy (non-hydrogen) atoms. The summed E-state index contributed by atoms with van der Waals surface area (Å²) in [4.78, 5) is 29.1. The van der Waals surface area contributed by atoms with Gasteiger partial charge in [-0.1, -0.05) is 30.3 Å². The van der Waals surface area contributed by atoms with Crippen molar-refractivity contribution in [3.63, 3.8) is 0 Å². The molecule has 0 spiro atoms. The third-order valence-corrected chi connectivity index (χ3v) is 4.56. The predicted octanol–water partition coefficient (Wildman–Crippen LogP) is 2.62. The van der Waals surface area contributed by atoms with Gasteiger partial charge in [0.15, 0.2) is 0 Å². The van der Waals surface area contributed by atoms with Gasteiger partial charge in [0.25, 0.3) is 5.91 Å². The lowest BCUT2D eigenvalue weighted by molar-refractivity contribution is -0.120. The number of anilines is 2. The van der Waals surface area contributed by atoms with Crippen LogP contribution in [0.25, 0.3) is 0 Å². The van der Waals surface area contributed by atoms with Crippen LogP contribution < -0.4 is 10.2 Å². The number of nitrogens with one attached hydrogen (secondary N) is 1. The Balaban J connectivity index is 1.64. The third-order valence-electron chi connectivity index (χ3n) is 4.56. The largest absolute Gasteiger partial charge is 0.372 e. The van der Waals surface area contributed by atoms with Crippen molar-refractivity contribution in [2.45, 2.75) is 6.92 Å². The molecule has 6 nitrogen and oxygen atoms in total. The molecule has 2 amide bonds. The van der Waals surface area contributed by atoms with Gasteiger partial charge in [-0.05, 0) is 31.2 Å². The van der Waals surface area contributed by atoms with Crippen molar-refractivity contribution in [1.29, 1.82) is 0 Å². The van der Waals surface area contributed by atoms with E-state index < -0.39 is 0 Å². The zero-order chi connectivity index (χ0) is 19.1. The standard InChI is InChI=1S/C21H25N3O3/c1-2-27-16-20(25)22-19-11-7-6-10-18(19)21(26)24-14-12-23(13-15-24)17-8-4-3-5-9-17/h3-11H,2,12-16H2,1H3,(H,22,25). The highest BCUT2D eigenvalue weighted by molar-refractivity contribution is 6.04. The quantitative estimate of drug-likeness (QED) is 0.853. The molecule has 0 saturated carbocycles. The van der Waals surface area contributed by atoms with Crippen molar-refractivity contribution in [3.8, 4) is 0 Å². The number of piperazine rings is 1. The predicted molar refractivity (Wildman–Crippen MR) is 106 cm³/mol. The molecule has 1 N–H and O–H groups in total. The topological polar surface area (TPSA) is 61.9 Å². The molecule has 1 fully saturated rings. The van der Waals surface area contributed by atoms with Gasteiger partial charge in [-0.3, -0.25) is 9.59 Å². The molecule has 3 rings (SSSR count). The monoisotopic (exact) mass is 367 g/mol. The molecule has 6 heteroatoms. The summed E-state index contributed by atoms with van der Waals surface area (Å²) in [6, 6.07) is 17.3. The van der Waals surface area contributed by atoms with Gasteiger partial charge in [-0.2, -0.15) is 0 Å². The first kappa shape index (κ1) is 18.9. The van der Waals surface area contributed by atoms with Gasteiger partial charge in [0.2, 0.25) is 5.91 Å². The fourth-order valence-corrected chi connectivity index (χ4v) is 3.14. The van der Waals surface area contributed by atoms with E-state index in [0.717, 1.165) is 13.1 Å². The van der Waals surface area contributed by atoms with Gasteiger partial charge in [-0.15, -0.1) is 0 Å². The molecule has 2 aromatic carbocycles. The lowest BCUT2D eigenvalue weighted by atomic mass is 10.1. The Morgan fingerprint density at radius 2 is 1.63 bits per heavy atom. The maximum absolute atomic E-state index is 13.0. The maximum Gasteiger partial charge on any atom is 0.256 e. The van der Waals surface area contributed by atoms with Crippen molar-refractivity contribution in [1.82, 2.24) is 4.90 Å². The van der Waals surface area contributed by atoms with E-state index in [2.05, 4.69) is 22.3 Å². The lowest BCUT2D eigenvalue weighted by Gasteiger charge is -2.36. The van der Waals surface area contributed by atoms with Crippen molar-refractivity contribution >= 4 is 23.2 Å². The molecule has 1 saturated heterocycles. The molecule has 0 aromatic heterocycles. The van der Waals surface area contributed by atoms with E-state index >= 15 is 0 Å². The summed E-state index contributed by atoms with van der Waals surface area (Å²) in [5.74, 6) is -0.319. The summed E-state index contributed by atoms with van der Waals surface area (Å²) < 4.78 is 5.13. The summed E-state index contributed by atoms with van der Waals surface area (Å²) in [6.07, 6.45) is 0. The van der Waals surface area contributed by atoms with E-state index in [-0.39, 0.29) is 18.4 Å². The molecule has 1 heterocycles. The Kier molecular flexibility index (Phi) is 6.44. The Morgan fingerprint density at radius 3 is 2.33 bits per heavy atom. The van der Waals surface area contributed by atoms with Crippen molar-refractivity contribution in [2.75, 3.05) is 49.6 Å². The summed E-state index contributed by atoms with van der Waals surface area (Å²) in [5.41, 5.74) is 2.21. The molecule has 0 radical (unpaired) electrons. The van der Waals surface area contributed by atoms with Gasteiger partial charge in [0.05, 0.1) is 11.3 Å². The minimum Gasteiger partial charge on any atom is -0.372 e. The first-order chi connectivity index (χ1) is 13.2. The number of benzene rings is 2. The number of para-hydroxylation sites is 2. The fourth-order valence-electron chi connectivity index (χ4n) is 3.14. The number of hydrogen-bond acceptors (Lipinski definition) is 4. The molecule has 142 valence electrons. The molecule has 1 aliphatic rings. The van der Waals surface area contributed by atoms with Crippen molar-refractivity contribution in [3.05, 3.63) is 60.2 Å². The summed E-state index contributed by atoms with van der Waals surface area (Å²) in [5, 5.41) is 2.78. The maximum atomic E-state index is 13.0. The minimum absolute atomic E-state index is 0.0191. The van der Waals surface area contributed by atoms with Gasteiger partial charge in [0, 0.05) is 38.5 Å². The van der Waals surface area contributed by atoms with Crippen molar-refractivity contribution in [2.24, 2.45) is 0 Å². The van der Waals surface area contributed by atoms with Crippen LogP contribution in [0.15, 0.2) is 54.6 Å². The summed E-state index contributed by atoms with van der Waals surface area (Å²) >= 11 is 0. The number of carbonyl (C=O) groups is 2. The Morgan fingerprint density at radius 1 is 0.963 bits per heavy atom. The number of nitrogens with zero attached hydrogens (tertiary/aromatic N) is 2. The van der Waals surface area contributed by atoms with Gasteiger partial charge in [-0.25, -0.2) is 0 Å². The first-order valence-corrected chi connectivity index (χ1v) is 9.25. The second kappa shape index (κ2) is 9.19. The highest BCUT2D eigenvalue weighted by atomic mass is 16.5. The highest BCUT2D eigenvalue weighted by Crippen LogP contribution is 2.20. The Bertz CT molecular complexity index is 771. The molecular weight excluding hydrogens is 342 g/mol. The van der Waals surface area contributed by atoms with Crippen LogP contribution in [0.4, 0.5) is 11.4 Å². The fraction of sp³-hybridized carbons (Fsp3) is 0.333. The molecule has 0 atom stereocenters. The van der Waals surface area contributed by atoms with E-state index in [9.17, 15) is 9.59 Å². The minimum atomic E-state index is -0.258. The molecule has 0 bridgehead atoms. The number of amides is 2. The van der Waals surface area contributed by atoms with E-state index in [4.69, 9.17) is 4.74 Å². The second-order valence-electron chi connectivity index (χ2n) is 6.35. The average molecular weight is 367 g/mol. The van der Waals surface area contributed by atoms with Crippen LogP contribution in [-0.2, 0) is 9.53 Å². The number of rotatable bonds is 6. The lowest BCUT2D eigenvalue weighted by Crippen LogP contribution is -2.49. The molecule has 0 unspecified atom stereocenters. The Labute approximate surface area is 159 Å². The number of ether oxygens (including phenoxy) is 1. The van der Waals surface area contributed by atoms with Crippen LogP contribution in [0.1, 0.15) is 17.3 Å². The third kappa shape index (κ3) is 4.86. The molecule has 2 aromatic rings. The SMILES string of the molecule is CCOCC(=O)Nc1ccccc1C(=O)N1CCN(c2ccccc2)CC1. The number of carbonyl (C=O) groups excluding carboxylic acids is 2. The van der Waals surface area contributed by atoms with Crippen LogP contribution in [0, 0.1) is 0 Å². The highest BCUT2D eigenvalue weighted by Gasteiger charge is 2.24. The van der Waals surface area contributed by atoms with Gasteiger partial charge >= 0.3 is 0 Å². The van der Waals surface area contributed by atoms with Gasteiger partial charge < -0.3 is 19.9 Å². The van der Waals surface area contributed by atoms with Crippen LogP contribution in [0.5, 0.6) is 0 Å². The Hall–Kier alpha value is -2.86. The molecular formula is C21H25N3O3. The molecule has 0 aliphatic carbocycles. The van der Waals surface area contributed by atoms with Gasteiger partial charge in [0.1, 0.15) is 6.61 Å². The van der Waals surface area contributed by atoms with Crippen LogP contribution >= 0.6 is 0 Å². The van der Waals surface area contributed by atoms with Crippen LogP contribution in [0.2, 0.25) is 0 Å². The second-order valence-corrected chi connectivity index (χ2v) is 6.35. The first-order valence-electron chi connectivity index (χ1n) is 9.25. The molecule has 1 aliphatic heterocycles. The normalized spacial score (nSPS) is 14.1. The zero-order valence-electron chi connectivity index (χ0n) is 15.6. The smallest absolute Gasteiger partial charge is 0.256 e. The summed E-state index contributed by atoms with van der Waals surface area (Å²) in [6.45, 7) is 5.15. The zero-order valence-corrected chi connectivity index (χ0v) is 15.6. The number of hydrogen-bond donors (Lipinski definition) is 1. The summed E-state index contributed by atoms with van der Waals surface area (Å²) in [7, 11) is 0.